The number of aliphatic hydroxyl groups is 1. The van der Waals surface area contributed by atoms with Crippen LogP contribution in [0.3, 0.4) is 0 Å². The van der Waals surface area contributed by atoms with Gasteiger partial charge in [-0.2, -0.15) is 0 Å². The largest absolute Gasteiger partial charge is 0.481 e. The summed E-state index contributed by atoms with van der Waals surface area (Å²) in [5.74, 6) is -7.08. The molecule has 0 bridgehead atoms. The molecule has 0 radical (unpaired) electrons. The Morgan fingerprint density at radius 2 is 1.47 bits per heavy atom. The van der Waals surface area contributed by atoms with E-state index in [0.717, 1.165) is 0 Å². The number of amides is 4. The van der Waals surface area contributed by atoms with Gasteiger partial charge in [-0.25, -0.2) is 4.79 Å². The number of nitrogens with two attached hydrogens (primary N) is 2. The number of carboxylic acids is 2. The number of carbonyl (C=O) groups excluding carboxylic acids is 4. The Labute approximate surface area is 215 Å². The van der Waals surface area contributed by atoms with Crippen LogP contribution in [0.4, 0.5) is 0 Å². The maximum atomic E-state index is 13.1. The SMILES string of the molecule is CC(O)C(N)C(=O)NC(CC(N)=O)C(=O)NC(Cc1c[nH]c2ccccc12)C(=O)NC(CC(=O)O)C(=O)O. The number of benzene rings is 1. The maximum absolute atomic E-state index is 13.1. The molecule has 5 unspecified atom stereocenters. The minimum Gasteiger partial charge on any atom is -0.481 e. The van der Waals surface area contributed by atoms with Gasteiger partial charge in [-0.15, -0.1) is 0 Å². The van der Waals surface area contributed by atoms with E-state index >= 15 is 0 Å². The molecule has 0 spiro atoms. The first-order chi connectivity index (χ1) is 17.8. The highest BCUT2D eigenvalue weighted by atomic mass is 16.4. The van der Waals surface area contributed by atoms with Crippen LogP contribution in [0.5, 0.6) is 0 Å². The van der Waals surface area contributed by atoms with Crippen molar-refractivity contribution in [1.29, 1.82) is 0 Å². The number of aromatic nitrogens is 1. The van der Waals surface area contributed by atoms with Crippen molar-refractivity contribution < 1.29 is 44.1 Å². The van der Waals surface area contributed by atoms with Crippen molar-refractivity contribution in [1.82, 2.24) is 20.9 Å². The monoisotopic (exact) mass is 534 g/mol. The van der Waals surface area contributed by atoms with Crippen molar-refractivity contribution in [2.45, 2.75) is 56.5 Å². The number of para-hydroxylation sites is 1. The second-order valence-corrected chi connectivity index (χ2v) is 8.62. The number of fused-ring (bicyclic) bond motifs is 1. The van der Waals surface area contributed by atoms with E-state index in [4.69, 9.17) is 16.6 Å². The van der Waals surface area contributed by atoms with Crippen LogP contribution in [0.1, 0.15) is 25.3 Å². The maximum Gasteiger partial charge on any atom is 0.326 e. The minimum atomic E-state index is -1.80. The Balaban J connectivity index is 2.35. The molecule has 0 aliphatic heterocycles. The summed E-state index contributed by atoms with van der Waals surface area (Å²) in [6, 6.07) is 0.743. The van der Waals surface area contributed by atoms with E-state index < -0.39 is 78.7 Å². The van der Waals surface area contributed by atoms with Crippen LogP contribution in [0.15, 0.2) is 30.5 Å². The fourth-order valence-electron chi connectivity index (χ4n) is 3.55. The van der Waals surface area contributed by atoms with Crippen molar-refractivity contribution >= 4 is 46.5 Å². The molecule has 2 aromatic rings. The number of carboxylic acid groups (broad SMARTS) is 2. The van der Waals surface area contributed by atoms with Crippen LogP contribution in [0, 0.1) is 0 Å². The van der Waals surface area contributed by atoms with Gasteiger partial charge < -0.3 is 47.7 Å². The Kier molecular flexibility index (Phi) is 10.3. The fraction of sp³-hybridized carbons (Fsp3) is 0.391. The van der Waals surface area contributed by atoms with Gasteiger partial charge in [-0.1, -0.05) is 18.2 Å². The number of hydrogen-bond donors (Lipinski definition) is 9. The van der Waals surface area contributed by atoms with E-state index in [9.17, 15) is 39.0 Å². The first kappa shape index (κ1) is 29.7. The third kappa shape index (κ3) is 8.28. The summed E-state index contributed by atoms with van der Waals surface area (Å²) >= 11 is 0. The smallest absolute Gasteiger partial charge is 0.326 e. The van der Waals surface area contributed by atoms with Crippen molar-refractivity contribution in [2.75, 3.05) is 0 Å². The van der Waals surface area contributed by atoms with Gasteiger partial charge in [0.2, 0.25) is 23.6 Å². The summed E-state index contributed by atoms with van der Waals surface area (Å²) in [7, 11) is 0. The minimum absolute atomic E-state index is 0.175. The highest BCUT2D eigenvalue weighted by Crippen LogP contribution is 2.19. The van der Waals surface area contributed by atoms with Gasteiger partial charge in [0, 0.05) is 23.5 Å². The van der Waals surface area contributed by atoms with E-state index in [1.807, 2.05) is 0 Å². The summed E-state index contributed by atoms with van der Waals surface area (Å²) in [4.78, 5) is 75.5. The number of aliphatic hydroxyl groups excluding tert-OH is 1. The van der Waals surface area contributed by atoms with E-state index in [2.05, 4.69) is 20.9 Å². The van der Waals surface area contributed by atoms with Crippen molar-refractivity contribution in [3.63, 3.8) is 0 Å². The molecule has 1 heterocycles. The molecule has 0 aliphatic rings. The molecule has 38 heavy (non-hydrogen) atoms. The predicted octanol–water partition coefficient (Wildman–Crippen LogP) is -2.69. The Bertz CT molecular complexity index is 1210. The number of aliphatic carboxylic acids is 2. The van der Waals surface area contributed by atoms with Crippen molar-refractivity contribution in [3.05, 3.63) is 36.0 Å². The van der Waals surface area contributed by atoms with Gasteiger partial charge >= 0.3 is 11.9 Å². The van der Waals surface area contributed by atoms with Gasteiger partial charge in [0.15, 0.2) is 0 Å². The number of primary amides is 1. The standard InChI is InChI=1S/C23H30N6O9/c1-10(30)19(25)22(36)28-15(7-17(24)31)21(35)27-14(20(34)29-16(23(37)38)8-18(32)33)6-11-9-26-13-5-3-2-4-12(11)13/h2-5,9-10,14-16,19,26,30H,6-8,25H2,1H3,(H2,24,31)(H,27,35)(H,28,36)(H,29,34)(H,32,33)(H,37,38). The first-order valence-corrected chi connectivity index (χ1v) is 11.4. The third-order valence-electron chi connectivity index (χ3n) is 5.59. The number of hydrogen-bond acceptors (Lipinski definition) is 8. The van der Waals surface area contributed by atoms with Gasteiger partial charge in [0.25, 0.3) is 0 Å². The number of aromatic amines is 1. The molecule has 0 fully saturated rings. The summed E-state index contributed by atoms with van der Waals surface area (Å²) in [5, 5.41) is 35.2. The Hall–Kier alpha value is -4.50. The van der Waals surface area contributed by atoms with Crippen LogP contribution in [-0.2, 0) is 35.2 Å². The van der Waals surface area contributed by atoms with Crippen LogP contribution >= 0.6 is 0 Å². The highest BCUT2D eigenvalue weighted by molar-refractivity contribution is 5.97. The molecule has 2 rings (SSSR count). The van der Waals surface area contributed by atoms with Gasteiger partial charge in [-0.05, 0) is 18.6 Å². The van der Waals surface area contributed by atoms with E-state index in [1.165, 1.54) is 6.92 Å². The van der Waals surface area contributed by atoms with Crippen LogP contribution in [0.2, 0.25) is 0 Å². The van der Waals surface area contributed by atoms with E-state index in [0.29, 0.717) is 16.5 Å². The fourth-order valence-corrected chi connectivity index (χ4v) is 3.55. The van der Waals surface area contributed by atoms with Crippen LogP contribution < -0.4 is 27.4 Å². The lowest BCUT2D eigenvalue weighted by Crippen LogP contribution is -2.59. The average molecular weight is 535 g/mol. The summed E-state index contributed by atoms with van der Waals surface area (Å²) < 4.78 is 0. The molecule has 11 N–H and O–H groups in total. The Morgan fingerprint density at radius 3 is 2.05 bits per heavy atom. The molecular formula is C23H30N6O9. The van der Waals surface area contributed by atoms with E-state index in [1.54, 1.807) is 30.5 Å². The third-order valence-corrected chi connectivity index (χ3v) is 5.59. The lowest BCUT2D eigenvalue weighted by molar-refractivity contribution is -0.147. The van der Waals surface area contributed by atoms with Gasteiger partial charge in [-0.3, -0.25) is 24.0 Å². The molecule has 0 saturated heterocycles. The number of carbonyl (C=O) groups is 6. The van der Waals surface area contributed by atoms with Crippen molar-refractivity contribution in [3.8, 4) is 0 Å². The second-order valence-electron chi connectivity index (χ2n) is 8.62. The average Bonchev–Trinajstić information content (AvgIpc) is 3.24. The molecule has 4 amide bonds. The topological polar surface area (TPSA) is 267 Å². The lowest BCUT2D eigenvalue weighted by atomic mass is 10.0. The number of nitrogens with one attached hydrogen (secondary N) is 4. The van der Waals surface area contributed by atoms with E-state index in [-0.39, 0.29) is 6.42 Å². The first-order valence-electron chi connectivity index (χ1n) is 11.4. The molecular weight excluding hydrogens is 504 g/mol. The number of H-pyrrole nitrogens is 1. The van der Waals surface area contributed by atoms with Crippen LogP contribution in [-0.4, -0.2) is 86.1 Å². The number of rotatable bonds is 14. The van der Waals surface area contributed by atoms with Crippen LogP contribution in [0.25, 0.3) is 10.9 Å². The molecule has 1 aromatic carbocycles. The zero-order valence-corrected chi connectivity index (χ0v) is 20.3. The molecule has 15 nitrogen and oxygen atoms in total. The molecule has 206 valence electrons. The zero-order valence-electron chi connectivity index (χ0n) is 20.3. The molecule has 0 saturated carbocycles. The van der Waals surface area contributed by atoms with Gasteiger partial charge in [0.1, 0.15) is 24.2 Å². The highest BCUT2D eigenvalue weighted by Gasteiger charge is 2.32. The predicted molar refractivity (Wildman–Crippen MR) is 131 cm³/mol. The van der Waals surface area contributed by atoms with Gasteiger partial charge in [0.05, 0.1) is 18.9 Å². The Morgan fingerprint density at radius 1 is 0.895 bits per heavy atom. The lowest BCUT2D eigenvalue weighted by Gasteiger charge is -2.25. The summed E-state index contributed by atoms with van der Waals surface area (Å²) in [6.45, 7) is 1.24. The summed E-state index contributed by atoms with van der Waals surface area (Å²) in [5.41, 5.74) is 12.0. The molecule has 15 heteroatoms. The zero-order chi connectivity index (χ0) is 28.6. The summed E-state index contributed by atoms with van der Waals surface area (Å²) in [6.07, 6.45) is -1.48. The second kappa shape index (κ2) is 13.2. The molecule has 0 aliphatic carbocycles. The molecule has 5 atom stereocenters. The van der Waals surface area contributed by atoms with Crippen molar-refractivity contribution in [2.24, 2.45) is 11.5 Å². The quantitative estimate of drug-likeness (QED) is 0.121. The molecule has 1 aromatic heterocycles. The normalized spacial score (nSPS) is 14.9.